The second-order valence-electron chi connectivity index (χ2n) is 3.69. The van der Waals surface area contributed by atoms with Gasteiger partial charge >= 0.3 is 6.18 Å². The fraction of sp³-hybridized carbons (Fsp3) is 0.500. The smallest absolute Gasteiger partial charge is 0.411 e. The van der Waals surface area contributed by atoms with Gasteiger partial charge in [-0.2, -0.15) is 13.2 Å². The van der Waals surface area contributed by atoms with Crippen LogP contribution in [-0.4, -0.2) is 33.8 Å². The molecule has 0 saturated heterocycles. The van der Waals surface area contributed by atoms with Gasteiger partial charge in [0.25, 0.3) is 0 Å². The van der Waals surface area contributed by atoms with Gasteiger partial charge in [0.15, 0.2) is 18.3 Å². The monoisotopic (exact) mass is 314 g/mol. The molecule has 0 aliphatic carbocycles. The molecule has 0 bridgehead atoms. The number of alkyl halides is 4. The zero-order chi connectivity index (χ0) is 15.2. The highest BCUT2D eigenvalue weighted by Gasteiger charge is 2.27. The molecule has 0 aliphatic heterocycles. The molecular formula is C12H14ClF3O4. The topological polar surface area (TPSA) is 36.9 Å². The first-order valence-corrected chi connectivity index (χ1v) is 6.03. The summed E-state index contributed by atoms with van der Waals surface area (Å²) in [4.78, 5) is 0. The van der Waals surface area contributed by atoms with Crippen molar-refractivity contribution in [3.05, 3.63) is 17.7 Å². The van der Waals surface area contributed by atoms with Crippen LogP contribution in [0.1, 0.15) is 5.56 Å². The van der Waals surface area contributed by atoms with E-state index in [2.05, 4.69) is 4.74 Å². The predicted molar refractivity (Wildman–Crippen MR) is 66.6 cm³/mol. The first kappa shape index (κ1) is 16.7. The van der Waals surface area contributed by atoms with Gasteiger partial charge in [0.05, 0.1) is 14.2 Å². The van der Waals surface area contributed by atoms with Crippen LogP contribution in [0.5, 0.6) is 17.2 Å². The van der Waals surface area contributed by atoms with Crippen molar-refractivity contribution in [3.63, 3.8) is 0 Å². The third kappa shape index (κ3) is 4.97. The van der Waals surface area contributed by atoms with Gasteiger partial charge in [0, 0.05) is 5.88 Å². The van der Waals surface area contributed by atoms with E-state index in [1.54, 1.807) is 12.1 Å². The van der Waals surface area contributed by atoms with Crippen molar-refractivity contribution in [3.8, 4) is 17.2 Å². The maximum atomic E-state index is 11.9. The highest BCUT2D eigenvalue weighted by Crippen LogP contribution is 2.39. The molecule has 1 rings (SSSR count). The lowest BCUT2D eigenvalue weighted by Crippen LogP contribution is -2.19. The Morgan fingerprint density at radius 2 is 1.65 bits per heavy atom. The van der Waals surface area contributed by atoms with E-state index >= 15 is 0 Å². The van der Waals surface area contributed by atoms with E-state index in [1.807, 2.05) is 0 Å². The van der Waals surface area contributed by atoms with Gasteiger partial charge in [-0.25, -0.2) is 0 Å². The summed E-state index contributed by atoms with van der Waals surface area (Å²) in [7, 11) is 2.80. The van der Waals surface area contributed by atoms with Crippen molar-refractivity contribution in [2.75, 3.05) is 27.6 Å². The molecule has 0 aromatic heterocycles. The average molecular weight is 315 g/mol. The van der Waals surface area contributed by atoms with Crippen LogP contribution in [0.2, 0.25) is 0 Å². The van der Waals surface area contributed by atoms with Crippen LogP contribution in [0, 0.1) is 0 Å². The lowest BCUT2D eigenvalue weighted by molar-refractivity contribution is -0.187. The van der Waals surface area contributed by atoms with Crippen molar-refractivity contribution < 1.29 is 32.1 Å². The van der Waals surface area contributed by atoms with E-state index in [-0.39, 0.29) is 11.6 Å². The molecule has 0 aliphatic rings. The van der Waals surface area contributed by atoms with E-state index in [1.165, 1.54) is 14.2 Å². The molecule has 0 fully saturated rings. The number of rotatable bonds is 7. The number of hydrogen-bond donors (Lipinski definition) is 0. The second-order valence-corrected chi connectivity index (χ2v) is 3.96. The van der Waals surface area contributed by atoms with Gasteiger partial charge < -0.3 is 18.9 Å². The van der Waals surface area contributed by atoms with Crippen LogP contribution < -0.4 is 14.2 Å². The average Bonchev–Trinajstić information content (AvgIpc) is 2.41. The molecule has 0 spiro atoms. The van der Waals surface area contributed by atoms with E-state index in [4.69, 9.17) is 25.8 Å². The van der Waals surface area contributed by atoms with Crippen LogP contribution in [0.25, 0.3) is 0 Å². The summed E-state index contributed by atoms with van der Waals surface area (Å²) < 4.78 is 55.5. The van der Waals surface area contributed by atoms with Gasteiger partial charge in [-0.05, 0) is 17.7 Å². The van der Waals surface area contributed by atoms with Gasteiger partial charge in [-0.3, -0.25) is 0 Å². The zero-order valence-electron chi connectivity index (χ0n) is 10.9. The quantitative estimate of drug-likeness (QED) is 0.439. The summed E-state index contributed by atoms with van der Waals surface area (Å²) in [6.07, 6.45) is -4.40. The normalized spacial score (nSPS) is 11.3. The summed E-state index contributed by atoms with van der Waals surface area (Å²) in [5, 5.41) is 0. The molecule has 1 aromatic carbocycles. The number of hydrogen-bond acceptors (Lipinski definition) is 4. The molecule has 4 nitrogen and oxygen atoms in total. The van der Waals surface area contributed by atoms with E-state index in [0.29, 0.717) is 11.5 Å². The summed E-state index contributed by atoms with van der Waals surface area (Å²) in [5.41, 5.74) is 0.726. The Morgan fingerprint density at radius 1 is 1.10 bits per heavy atom. The Hall–Kier alpha value is -1.34. The van der Waals surface area contributed by atoms with Crippen molar-refractivity contribution >= 4 is 11.6 Å². The lowest BCUT2D eigenvalue weighted by atomic mass is 10.2. The van der Waals surface area contributed by atoms with Crippen LogP contribution in [0.3, 0.4) is 0 Å². The highest BCUT2D eigenvalue weighted by molar-refractivity contribution is 6.17. The summed E-state index contributed by atoms with van der Waals surface area (Å²) in [5.74, 6) is 0.995. The third-order valence-electron chi connectivity index (χ3n) is 2.23. The van der Waals surface area contributed by atoms with Crippen molar-refractivity contribution in [2.24, 2.45) is 0 Å². The van der Waals surface area contributed by atoms with E-state index in [0.717, 1.165) is 5.56 Å². The molecule has 0 saturated carbocycles. The minimum absolute atomic E-state index is 0.158. The van der Waals surface area contributed by atoms with Crippen molar-refractivity contribution in [2.45, 2.75) is 12.1 Å². The van der Waals surface area contributed by atoms with Gasteiger partial charge in [-0.15, -0.1) is 11.6 Å². The first-order valence-electron chi connectivity index (χ1n) is 5.49. The van der Waals surface area contributed by atoms with Crippen molar-refractivity contribution in [1.29, 1.82) is 0 Å². The van der Waals surface area contributed by atoms with Gasteiger partial charge in [-0.1, -0.05) is 0 Å². The Bertz CT molecular complexity index is 412. The molecule has 0 unspecified atom stereocenters. The lowest BCUT2D eigenvalue weighted by Gasteiger charge is -2.16. The minimum atomic E-state index is -4.40. The van der Waals surface area contributed by atoms with Crippen LogP contribution in [0.15, 0.2) is 12.1 Å². The number of ether oxygens (including phenoxy) is 4. The fourth-order valence-electron chi connectivity index (χ4n) is 1.41. The molecule has 0 heterocycles. The first-order chi connectivity index (χ1) is 9.41. The van der Waals surface area contributed by atoms with Crippen LogP contribution in [-0.2, 0) is 10.6 Å². The second kappa shape index (κ2) is 7.44. The maximum Gasteiger partial charge on any atom is 0.411 e. The van der Waals surface area contributed by atoms with Gasteiger partial charge in [0.2, 0.25) is 5.75 Å². The Balaban J connectivity index is 2.77. The summed E-state index contributed by atoms with van der Waals surface area (Å²) in [6.45, 7) is -1.97. The molecule has 0 atom stereocenters. The molecule has 8 heteroatoms. The molecular weight excluding hydrogens is 301 g/mol. The van der Waals surface area contributed by atoms with Crippen LogP contribution in [0.4, 0.5) is 13.2 Å². The summed E-state index contributed by atoms with van der Waals surface area (Å²) >= 11 is 5.71. The Labute approximate surface area is 119 Å². The number of methoxy groups -OCH3 is 2. The summed E-state index contributed by atoms with van der Waals surface area (Å²) in [6, 6.07) is 3.21. The zero-order valence-corrected chi connectivity index (χ0v) is 11.7. The SMILES string of the molecule is COc1cc(CCl)cc(OC)c1OCOCC(F)(F)F. The molecule has 20 heavy (non-hydrogen) atoms. The van der Waals surface area contributed by atoms with E-state index in [9.17, 15) is 13.2 Å². The maximum absolute atomic E-state index is 11.9. The van der Waals surface area contributed by atoms with Gasteiger partial charge in [0.1, 0.15) is 6.61 Å². The van der Waals surface area contributed by atoms with E-state index < -0.39 is 19.6 Å². The third-order valence-corrected chi connectivity index (χ3v) is 2.54. The highest BCUT2D eigenvalue weighted by atomic mass is 35.5. The molecule has 1 aromatic rings. The van der Waals surface area contributed by atoms with Crippen LogP contribution >= 0.6 is 11.6 Å². The molecule has 0 amide bonds. The predicted octanol–water partition coefficient (Wildman–Crippen LogP) is 3.36. The Morgan fingerprint density at radius 3 is 2.05 bits per heavy atom. The minimum Gasteiger partial charge on any atom is -0.493 e. The standard InChI is InChI=1S/C12H14ClF3O4/c1-17-9-3-8(5-13)4-10(18-2)11(9)20-7-19-6-12(14,15)16/h3-4H,5-7H2,1-2H3. The fourth-order valence-corrected chi connectivity index (χ4v) is 1.57. The number of halogens is 4. The largest absolute Gasteiger partial charge is 0.493 e. The Kier molecular flexibility index (Phi) is 6.22. The molecule has 0 radical (unpaired) electrons. The number of benzene rings is 1. The molecule has 0 N–H and O–H groups in total. The molecule has 114 valence electrons. The van der Waals surface area contributed by atoms with Crippen molar-refractivity contribution in [1.82, 2.24) is 0 Å².